The topological polar surface area (TPSA) is 118 Å². The van der Waals surface area contributed by atoms with Crippen molar-refractivity contribution in [1.29, 1.82) is 0 Å². The van der Waals surface area contributed by atoms with E-state index in [1.807, 2.05) is 60.6 Å². The van der Waals surface area contributed by atoms with Gasteiger partial charge >= 0.3 is 22.2 Å². The summed E-state index contributed by atoms with van der Waals surface area (Å²) in [6.45, 7) is 2.17. The monoisotopic (exact) mass is 568 g/mol. The maximum atomic E-state index is 12.9. The summed E-state index contributed by atoms with van der Waals surface area (Å²) in [4.78, 5) is 15.4. The third-order valence-electron chi connectivity index (χ3n) is 6.96. The summed E-state index contributed by atoms with van der Waals surface area (Å²) in [5.74, 6) is 0.198. The van der Waals surface area contributed by atoms with E-state index >= 15 is 0 Å². The first-order chi connectivity index (χ1) is 19.1. The number of benzene rings is 3. The highest BCUT2D eigenvalue weighted by atomic mass is 32.3. The second kappa shape index (κ2) is 12.0. The average Bonchev–Trinajstić information content (AvgIpc) is 3.58. The minimum absolute atomic E-state index is 0.249. The Morgan fingerprint density at radius 1 is 1.00 bits per heavy atom. The number of hydrogen-bond acceptors (Lipinski definition) is 8. The van der Waals surface area contributed by atoms with E-state index in [1.165, 1.54) is 31.0 Å². The van der Waals surface area contributed by atoms with Gasteiger partial charge in [0.2, 0.25) is 0 Å². The molecule has 0 atom stereocenters. The molecule has 212 valence electrons. The van der Waals surface area contributed by atoms with Crippen LogP contribution in [0, 0.1) is 0 Å². The molecule has 4 aromatic rings. The van der Waals surface area contributed by atoms with Gasteiger partial charge in [0.25, 0.3) is 5.71 Å². The molecule has 0 amide bonds. The van der Waals surface area contributed by atoms with Crippen molar-refractivity contribution in [3.63, 3.8) is 0 Å². The standard InChI is InChI=1S/C27H30N5O2.CH4O4S/c1-29-23-13-7-8-14-24(23)30(2)26(29)25(27(33)34-4)28-31(3)21-15-16-22(32-17-9-10-18-32)20-12-6-5-11-19(20)21;1-5-6(2,3)4/h5-8,11-16H,9-10,17-18H2,1-4H3;1H3,(H,2,3,4)/q+1;. The number of fused-ring (bicyclic) bond motifs is 2. The zero-order valence-corrected chi connectivity index (χ0v) is 24.1. The van der Waals surface area contributed by atoms with E-state index < -0.39 is 16.4 Å². The van der Waals surface area contributed by atoms with Crippen LogP contribution in [0.15, 0.2) is 65.8 Å². The predicted molar refractivity (Wildman–Crippen MR) is 155 cm³/mol. The largest absolute Gasteiger partial charge is 0.464 e. The molecule has 11 nitrogen and oxygen atoms in total. The Hall–Kier alpha value is -4.00. The second-order valence-corrected chi connectivity index (χ2v) is 10.5. The third kappa shape index (κ3) is 5.93. The van der Waals surface area contributed by atoms with Crippen molar-refractivity contribution in [2.75, 3.05) is 44.3 Å². The molecular formula is C28H34N5O6S+. The van der Waals surface area contributed by atoms with Gasteiger partial charge in [0.05, 0.1) is 34.0 Å². The van der Waals surface area contributed by atoms with E-state index in [9.17, 15) is 13.2 Å². The lowest BCUT2D eigenvalue weighted by atomic mass is 10.1. The summed E-state index contributed by atoms with van der Waals surface area (Å²) in [5.41, 5.74) is 4.46. The van der Waals surface area contributed by atoms with Crippen LogP contribution >= 0.6 is 0 Å². The van der Waals surface area contributed by atoms with Crippen molar-refractivity contribution >= 4 is 55.3 Å². The van der Waals surface area contributed by atoms with Crippen LogP contribution in [0.25, 0.3) is 21.8 Å². The van der Waals surface area contributed by atoms with Crippen molar-refractivity contribution in [2.45, 2.75) is 12.8 Å². The molecule has 12 heteroatoms. The van der Waals surface area contributed by atoms with Crippen LogP contribution < -0.4 is 14.5 Å². The molecule has 0 bridgehead atoms. The number of hydrazone groups is 1. The highest BCUT2D eigenvalue weighted by molar-refractivity contribution is 7.80. The fourth-order valence-corrected chi connectivity index (χ4v) is 5.06. The Balaban J connectivity index is 0.000000557. The molecule has 1 fully saturated rings. The molecule has 40 heavy (non-hydrogen) atoms. The normalized spacial score (nSPS) is 13.8. The quantitative estimate of drug-likeness (QED) is 0.124. The van der Waals surface area contributed by atoms with Gasteiger partial charge in [0.1, 0.15) is 0 Å². The number of imidazole rings is 1. The molecule has 1 saturated heterocycles. The molecule has 2 heterocycles. The Labute approximate surface area is 233 Å². The van der Waals surface area contributed by atoms with Gasteiger partial charge in [-0.1, -0.05) is 36.4 Å². The highest BCUT2D eigenvalue weighted by Gasteiger charge is 2.31. The van der Waals surface area contributed by atoms with Crippen LogP contribution in [0.5, 0.6) is 0 Å². The zero-order chi connectivity index (χ0) is 29.0. The van der Waals surface area contributed by atoms with E-state index in [0.717, 1.165) is 42.3 Å². The zero-order valence-electron chi connectivity index (χ0n) is 23.2. The molecule has 1 aromatic heterocycles. The lowest BCUT2D eigenvalue weighted by Gasteiger charge is -2.23. The molecule has 1 aliphatic rings. The summed E-state index contributed by atoms with van der Waals surface area (Å²) in [5, 5.41) is 8.87. The number of aryl methyl sites for hydroxylation is 2. The number of ether oxygens (including phenoxy) is 1. The number of aromatic nitrogens is 2. The Bertz CT molecular complexity index is 1640. The van der Waals surface area contributed by atoms with Crippen LogP contribution in [0.4, 0.5) is 11.4 Å². The maximum Gasteiger partial charge on any atom is 0.397 e. The van der Waals surface area contributed by atoms with Crippen LogP contribution in [0.1, 0.15) is 18.7 Å². The number of para-hydroxylation sites is 2. The number of carbonyl (C=O) groups is 1. The van der Waals surface area contributed by atoms with Gasteiger partial charge in [-0.3, -0.25) is 13.7 Å². The van der Waals surface area contributed by atoms with E-state index in [2.05, 4.69) is 39.4 Å². The summed E-state index contributed by atoms with van der Waals surface area (Å²) in [6.07, 6.45) is 2.45. The number of rotatable bonds is 6. The first-order valence-corrected chi connectivity index (χ1v) is 14.1. The SMILES string of the molecule is COC(=O)/C(=N\N(C)c1ccc(N2CCCC2)c2ccccc12)c1n(C)c2ccccc2[n+]1C.COS(=O)(=O)O. The molecule has 5 rings (SSSR count). The smallest absolute Gasteiger partial charge is 0.397 e. The lowest BCUT2D eigenvalue weighted by molar-refractivity contribution is -0.646. The first-order valence-electron chi connectivity index (χ1n) is 12.7. The summed E-state index contributed by atoms with van der Waals surface area (Å²) < 4.78 is 38.8. The maximum absolute atomic E-state index is 12.9. The van der Waals surface area contributed by atoms with Crippen molar-refractivity contribution in [3.05, 3.63) is 66.5 Å². The molecule has 0 saturated carbocycles. The number of methoxy groups -OCH3 is 1. The number of carbonyl (C=O) groups excluding carboxylic acids is 1. The molecule has 0 spiro atoms. The van der Waals surface area contributed by atoms with Gasteiger partial charge in [0.15, 0.2) is 11.0 Å². The average molecular weight is 569 g/mol. The van der Waals surface area contributed by atoms with Crippen LogP contribution in [0.2, 0.25) is 0 Å². The molecule has 0 aliphatic carbocycles. The molecule has 0 radical (unpaired) electrons. The Kier molecular flexibility index (Phi) is 8.72. The fraction of sp³-hybridized carbons (Fsp3) is 0.321. The van der Waals surface area contributed by atoms with Crippen LogP contribution in [-0.4, -0.2) is 63.6 Å². The van der Waals surface area contributed by atoms with Gasteiger partial charge < -0.3 is 9.64 Å². The molecular weight excluding hydrogens is 534 g/mol. The van der Waals surface area contributed by atoms with Gasteiger partial charge in [-0.2, -0.15) is 13.5 Å². The van der Waals surface area contributed by atoms with Crippen LogP contribution in [0.3, 0.4) is 0 Å². The van der Waals surface area contributed by atoms with E-state index in [0.29, 0.717) is 5.82 Å². The lowest BCUT2D eigenvalue weighted by Crippen LogP contribution is -2.40. The van der Waals surface area contributed by atoms with Crippen molar-refractivity contribution in [3.8, 4) is 0 Å². The highest BCUT2D eigenvalue weighted by Crippen LogP contribution is 2.35. The molecule has 1 N–H and O–H groups in total. The van der Waals surface area contributed by atoms with Crippen molar-refractivity contribution < 1.29 is 31.3 Å². The van der Waals surface area contributed by atoms with Gasteiger partial charge in [-0.05, 0) is 37.1 Å². The fourth-order valence-electron chi connectivity index (χ4n) is 5.06. The Morgan fingerprint density at radius 2 is 1.60 bits per heavy atom. The molecule has 1 aliphatic heterocycles. The predicted octanol–water partition coefficient (Wildman–Crippen LogP) is 3.21. The van der Waals surface area contributed by atoms with Crippen LogP contribution in [-0.2, 0) is 38.2 Å². The van der Waals surface area contributed by atoms with E-state index in [4.69, 9.17) is 14.4 Å². The van der Waals surface area contributed by atoms with Crippen molar-refractivity contribution in [2.24, 2.45) is 19.2 Å². The van der Waals surface area contributed by atoms with Gasteiger partial charge in [-0.25, -0.2) is 13.9 Å². The van der Waals surface area contributed by atoms with Crippen molar-refractivity contribution in [1.82, 2.24) is 4.57 Å². The number of anilines is 2. The summed E-state index contributed by atoms with van der Waals surface area (Å²) in [6, 6.07) is 20.7. The first kappa shape index (κ1) is 29.0. The molecule has 3 aromatic carbocycles. The Morgan fingerprint density at radius 3 is 2.20 bits per heavy atom. The third-order valence-corrected chi connectivity index (χ3v) is 7.39. The number of hydrogen-bond donors (Lipinski definition) is 1. The minimum Gasteiger partial charge on any atom is -0.464 e. The van der Waals surface area contributed by atoms with E-state index in [-0.39, 0.29) is 5.71 Å². The van der Waals surface area contributed by atoms with Gasteiger partial charge in [-0.15, -0.1) is 0 Å². The van der Waals surface area contributed by atoms with E-state index in [1.54, 1.807) is 5.01 Å². The van der Waals surface area contributed by atoms with Gasteiger partial charge in [0, 0.05) is 36.6 Å². The molecule has 0 unspecified atom stereocenters. The summed E-state index contributed by atoms with van der Waals surface area (Å²) in [7, 11) is 3.86. The minimum atomic E-state index is -4.16. The summed E-state index contributed by atoms with van der Waals surface area (Å²) >= 11 is 0. The number of esters is 1. The second-order valence-electron chi connectivity index (χ2n) is 9.33. The number of nitrogens with zero attached hydrogens (tertiary/aromatic N) is 5.